The number of hydrogen-bond donors (Lipinski definition) is 1. The van der Waals surface area contributed by atoms with E-state index in [-0.39, 0.29) is 17.6 Å². The van der Waals surface area contributed by atoms with E-state index < -0.39 is 0 Å². The van der Waals surface area contributed by atoms with Crippen molar-refractivity contribution < 1.29 is 9.18 Å². The van der Waals surface area contributed by atoms with Crippen LogP contribution < -0.4 is 5.32 Å². The summed E-state index contributed by atoms with van der Waals surface area (Å²) in [6.45, 7) is 0. The van der Waals surface area contributed by atoms with Gasteiger partial charge in [0.15, 0.2) is 0 Å². The van der Waals surface area contributed by atoms with Crippen molar-refractivity contribution in [1.29, 1.82) is 0 Å². The van der Waals surface area contributed by atoms with E-state index in [0.717, 1.165) is 36.1 Å². The molecule has 1 unspecified atom stereocenters. The summed E-state index contributed by atoms with van der Waals surface area (Å²) in [5.41, 5.74) is 5.61. The second-order valence-electron chi connectivity index (χ2n) is 5.88. The normalized spacial score (nSPS) is 19.9. The van der Waals surface area contributed by atoms with Crippen LogP contribution in [0.3, 0.4) is 0 Å². The molecule has 0 bridgehead atoms. The van der Waals surface area contributed by atoms with Gasteiger partial charge in [-0.3, -0.25) is 4.79 Å². The molecular weight excluding hydrogens is 265 g/mol. The van der Waals surface area contributed by atoms with Gasteiger partial charge in [-0.1, -0.05) is 24.3 Å². The monoisotopic (exact) mass is 281 g/mol. The van der Waals surface area contributed by atoms with Crippen molar-refractivity contribution in [2.45, 2.75) is 31.6 Å². The zero-order valence-electron chi connectivity index (χ0n) is 11.7. The van der Waals surface area contributed by atoms with Crippen LogP contribution in [0, 0.1) is 5.82 Å². The molecule has 0 aromatic heterocycles. The summed E-state index contributed by atoms with van der Waals surface area (Å²) in [5.74, 6) is -0.270. The van der Waals surface area contributed by atoms with Gasteiger partial charge >= 0.3 is 0 Å². The molecule has 21 heavy (non-hydrogen) atoms. The minimum absolute atomic E-state index is 0.0251. The van der Waals surface area contributed by atoms with Gasteiger partial charge in [0.05, 0.1) is 0 Å². The Morgan fingerprint density at radius 2 is 2.05 bits per heavy atom. The molecule has 0 radical (unpaired) electrons. The molecule has 4 rings (SSSR count). The smallest absolute Gasteiger partial charge is 0.225 e. The fraction of sp³-hybridized carbons (Fsp3) is 0.278. The first-order valence-corrected chi connectivity index (χ1v) is 7.42. The van der Waals surface area contributed by atoms with Crippen molar-refractivity contribution in [3.05, 3.63) is 64.5 Å². The molecule has 2 aliphatic rings. The van der Waals surface area contributed by atoms with E-state index in [2.05, 4.69) is 17.4 Å². The van der Waals surface area contributed by atoms with Gasteiger partial charge in [-0.05, 0) is 53.6 Å². The quantitative estimate of drug-likeness (QED) is 0.846. The van der Waals surface area contributed by atoms with E-state index >= 15 is 0 Å². The highest BCUT2D eigenvalue weighted by Gasteiger charge is 2.30. The van der Waals surface area contributed by atoms with Crippen LogP contribution in [0.5, 0.6) is 0 Å². The molecule has 1 heterocycles. The van der Waals surface area contributed by atoms with E-state index in [1.807, 2.05) is 6.07 Å². The molecule has 0 saturated carbocycles. The maximum atomic E-state index is 13.5. The topological polar surface area (TPSA) is 29.1 Å². The third kappa shape index (κ3) is 2.04. The van der Waals surface area contributed by atoms with Crippen molar-refractivity contribution in [1.82, 2.24) is 0 Å². The minimum atomic E-state index is -0.249. The highest BCUT2D eigenvalue weighted by Crippen LogP contribution is 2.42. The van der Waals surface area contributed by atoms with Gasteiger partial charge < -0.3 is 5.32 Å². The lowest BCUT2D eigenvalue weighted by Crippen LogP contribution is -2.24. The minimum Gasteiger partial charge on any atom is -0.326 e. The van der Waals surface area contributed by atoms with Crippen LogP contribution in [0.1, 0.15) is 41.0 Å². The third-order valence-electron chi connectivity index (χ3n) is 4.60. The SMILES string of the molecule is O=C1CC(c2cccc(F)c2)c2ccc3c(c2N1)CCC3. The van der Waals surface area contributed by atoms with Gasteiger partial charge in [-0.15, -0.1) is 0 Å². The molecule has 0 fully saturated rings. The molecular formula is C18H16FNO. The molecule has 106 valence electrons. The maximum Gasteiger partial charge on any atom is 0.225 e. The molecule has 3 heteroatoms. The van der Waals surface area contributed by atoms with Crippen LogP contribution in [0.4, 0.5) is 10.1 Å². The lowest BCUT2D eigenvalue weighted by Gasteiger charge is -2.28. The number of nitrogens with one attached hydrogen (secondary N) is 1. The van der Waals surface area contributed by atoms with Gasteiger partial charge in [0.25, 0.3) is 0 Å². The molecule has 1 N–H and O–H groups in total. The van der Waals surface area contributed by atoms with Crippen molar-refractivity contribution in [2.24, 2.45) is 0 Å². The summed E-state index contributed by atoms with van der Waals surface area (Å²) in [6, 6.07) is 10.9. The predicted molar refractivity (Wildman–Crippen MR) is 80.0 cm³/mol. The number of hydrogen-bond acceptors (Lipinski definition) is 1. The maximum absolute atomic E-state index is 13.5. The van der Waals surface area contributed by atoms with Crippen LogP contribution >= 0.6 is 0 Å². The summed E-state index contributed by atoms with van der Waals surface area (Å²) in [4.78, 5) is 12.1. The number of halogens is 1. The first-order valence-electron chi connectivity index (χ1n) is 7.42. The number of aryl methyl sites for hydroxylation is 1. The van der Waals surface area contributed by atoms with Gasteiger partial charge in [-0.2, -0.15) is 0 Å². The average molecular weight is 281 g/mol. The first-order chi connectivity index (χ1) is 10.2. The zero-order chi connectivity index (χ0) is 14.4. The number of anilines is 1. The second-order valence-corrected chi connectivity index (χ2v) is 5.88. The van der Waals surface area contributed by atoms with Crippen LogP contribution in [-0.2, 0) is 17.6 Å². The highest BCUT2D eigenvalue weighted by molar-refractivity contribution is 5.96. The van der Waals surface area contributed by atoms with E-state index in [1.165, 1.54) is 17.2 Å². The summed E-state index contributed by atoms with van der Waals surface area (Å²) in [5, 5.41) is 3.04. The second kappa shape index (κ2) is 4.69. The van der Waals surface area contributed by atoms with Crippen molar-refractivity contribution in [2.75, 3.05) is 5.32 Å². The van der Waals surface area contributed by atoms with Crippen LogP contribution in [0.15, 0.2) is 36.4 Å². The van der Waals surface area contributed by atoms with Gasteiger partial charge in [0.2, 0.25) is 5.91 Å². The largest absolute Gasteiger partial charge is 0.326 e. The zero-order valence-corrected chi connectivity index (χ0v) is 11.7. The van der Waals surface area contributed by atoms with Crippen LogP contribution in [0.2, 0.25) is 0 Å². The van der Waals surface area contributed by atoms with Crippen molar-refractivity contribution >= 4 is 11.6 Å². The van der Waals surface area contributed by atoms with Gasteiger partial charge in [0.1, 0.15) is 5.82 Å². The summed E-state index contributed by atoms with van der Waals surface area (Å²) < 4.78 is 13.5. The Balaban J connectivity index is 1.87. The molecule has 0 spiro atoms. The molecule has 2 aromatic rings. The molecule has 2 nitrogen and oxygen atoms in total. The Morgan fingerprint density at radius 3 is 2.90 bits per heavy atom. The van der Waals surface area contributed by atoms with E-state index in [0.29, 0.717) is 6.42 Å². The number of fused-ring (bicyclic) bond motifs is 3. The van der Waals surface area contributed by atoms with Crippen molar-refractivity contribution in [3.8, 4) is 0 Å². The summed E-state index contributed by atoms with van der Waals surface area (Å²) in [7, 11) is 0. The summed E-state index contributed by atoms with van der Waals surface area (Å²) in [6.07, 6.45) is 3.64. The fourth-order valence-electron chi connectivity index (χ4n) is 3.63. The number of carbonyl (C=O) groups excluding carboxylic acids is 1. The van der Waals surface area contributed by atoms with Gasteiger partial charge in [0, 0.05) is 18.0 Å². The Morgan fingerprint density at radius 1 is 1.14 bits per heavy atom. The third-order valence-corrected chi connectivity index (χ3v) is 4.60. The van der Waals surface area contributed by atoms with E-state index in [9.17, 15) is 9.18 Å². The number of benzene rings is 2. The van der Waals surface area contributed by atoms with Crippen LogP contribution in [-0.4, -0.2) is 5.91 Å². The molecule has 1 aliphatic heterocycles. The van der Waals surface area contributed by atoms with Crippen molar-refractivity contribution in [3.63, 3.8) is 0 Å². The van der Waals surface area contributed by atoms with E-state index in [4.69, 9.17) is 0 Å². The molecule has 1 aliphatic carbocycles. The summed E-state index contributed by atoms with van der Waals surface area (Å²) >= 11 is 0. The Labute approximate surface area is 123 Å². The Hall–Kier alpha value is -2.16. The lowest BCUT2D eigenvalue weighted by molar-refractivity contribution is -0.116. The highest BCUT2D eigenvalue weighted by atomic mass is 19.1. The Bertz CT molecular complexity index is 738. The molecule has 1 amide bonds. The number of carbonyl (C=O) groups is 1. The number of rotatable bonds is 1. The molecule has 0 saturated heterocycles. The van der Waals surface area contributed by atoms with Crippen LogP contribution in [0.25, 0.3) is 0 Å². The standard InChI is InChI=1S/C18H16FNO/c19-13-5-1-4-12(9-13)16-10-17(21)20-18-14-6-2-3-11(14)7-8-15(16)18/h1,4-5,7-9,16H,2-3,6,10H2,(H,20,21). The lowest BCUT2D eigenvalue weighted by atomic mass is 9.83. The average Bonchev–Trinajstić information content (AvgIpc) is 2.95. The molecule has 1 atom stereocenters. The van der Waals surface area contributed by atoms with Gasteiger partial charge in [-0.25, -0.2) is 4.39 Å². The number of amides is 1. The fourth-order valence-corrected chi connectivity index (χ4v) is 3.63. The predicted octanol–water partition coefficient (Wildman–Crippen LogP) is 3.79. The molecule has 2 aromatic carbocycles. The first kappa shape index (κ1) is 12.6. The Kier molecular flexibility index (Phi) is 2.81. The van der Waals surface area contributed by atoms with E-state index in [1.54, 1.807) is 12.1 Å².